The molecule has 3 rings (SSSR count). The molecule has 0 saturated carbocycles. The Morgan fingerprint density at radius 3 is 2.93 bits per heavy atom. The summed E-state index contributed by atoms with van der Waals surface area (Å²) in [5, 5.41) is 4.88. The van der Waals surface area contributed by atoms with Gasteiger partial charge in [-0.05, 0) is 47.7 Å². The van der Waals surface area contributed by atoms with Gasteiger partial charge in [0.1, 0.15) is 5.58 Å². The maximum atomic E-state index is 8.39. The van der Waals surface area contributed by atoms with Crippen LogP contribution in [0.3, 0.4) is 0 Å². The van der Waals surface area contributed by atoms with Gasteiger partial charge in [0, 0.05) is 16.3 Å². The van der Waals surface area contributed by atoms with Crippen LogP contribution in [0.15, 0.2) is 34.0 Å². The molecule has 4 nitrogen and oxygen atoms in total. The van der Waals surface area contributed by atoms with Crippen LogP contribution in [-0.2, 0) is 12.8 Å². The second-order valence-electron chi connectivity index (χ2n) is 3.85. The third kappa shape index (κ3) is 1.27. The molecule has 0 N–H and O–H groups in total. The van der Waals surface area contributed by atoms with Gasteiger partial charge in [0.2, 0.25) is 0 Å². The maximum absolute atomic E-state index is 8.39. The van der Waals surface area contributed by atoms with E-state index in [1.807, 2.05) is 6.07 Å². The molecule has 1 unspecified atom stereocenters. The van der Waals surface area contributed by atoms with Crippen LogP contribution in [0.2, 0.25) is 0 Å². The molecule has 0 spiro atoms. The Morgan fingerprint density at radius 2 is 2.13 bits per heavy atom. The highest BCUT2D eigenvalue weighted by Gasteiger charge is 2.21. The smallest absolute Gasteiger partial charge is 0.134 e. The number of fused-ring (bicyclic) bond motifs is 2. The summed E-state index contributed by atoms with van der Waals surface area (Å²) in [5.74, 6) is 0. The average molecular weight is 199 g/mol. The fraction of sp³-hybridized carbons (Fsp3) is 0.273. The predicted octanol–water partition coefficient (Wildman–Crippen LogP) is 3.21. The topological polar surface area (TPSA) is 61.9 Å². The second kappa shape index (κ2) is 3.04. The average Bonchev–Trinajstić information content (AvgIpc) is 2.78. The van der Waals surface area contributed by atoms with Crippen LogP contribution in [0.25, 0.3) is 21.4 Å². The molecule has 0 bridgehead atoms. The van der Waals surface area contributed by atoms with Gasteiger partial charge in [0.15, 0.2) is 0 Å². The minimum absolute atomic E-state index is 0.0801. The fourth-order valence-electron chi connectivity index (χ4n) is 2.21. The lowest BCUT2D eigenvalue weighted by molar-refractivity contribution is 0.615. The van der Waals surface area contributed by atoms with Gasteiger partial charge in [0.05, 0.1) is 6.26 Å². The summed E-state index contributed by atoms with van der Waals surface area (Å²) >= 11 is 0. The largest absolute Gasteiger partial charge is 0.464 e. The highest BCUT2D eigenvalue weighted by molar-refractivity contribution is 5.79. The van der Waals surface area contributed by atoms with Crippen LogP contribution in [0.5, 0.6) is 0 Å². The molecular weight excluding hydrogens is 190 g/mol. The number of rotatable bonds is 1. The van der Waals surface area contributed by atoms with Crippen LogP contribution in [0.1, 0.15) is 11.1 Å². The van der Waals surface area contributed by atoms with Crippen LogP contribution in [0.4, 0.5) is 0 Å². The first-order valence-electron chi connectivity index (χ1n) is 4.90. The lowest BCUT2D eigenvalue weighted by Crippen LogP contribution is -2.00. The van der Waals surface area contributed by atoms with Crippen LogP contribution in [-0.4, -0.2) is 6.04 Å². The Labute approximate surface area is 86.1 Å². The van der Waals surface area contributed by atoms with Gasteiger partial charge in [-0.15, -0.1) is 0 Å². The number of furan rings is 1. The predicted molar refractivity (Wildman–Crippen MR) is 56.6 cm³/mol. The Balaban J connectivity index is 2.09. The molecule has 74 valence electrons. The van der Waals surface area contributed by atoms with Crippen LogP contribution in [0, 0.1) is 0 Å². The highest BCUT2D eigenvalue weighted by Crippen LogP contribution is 2.29. The van der Waals surface area contributed by atoms with Crippen molar-refractivity contribution in [2.24, 2.45) is 5.11 Å². The molecule has 1 atom stereocenters. The Bertz CT molecular complexity index is 526. The van der Waals surface area contributed by atoms with Crippen molar-refractivity contribution in [1.82, 2.24) is 0 Å². The first-order valence-corrected chi connectivity index (χ1v) is 4.90. The van der Waals surface area contributed by atoms with Crippen molar-refractivity contribution in [2.75, 3.05) is 0 Å². The third-order valence-electron chi connectivity index (χ3n) is 2.90. The third-order valence-corrected chi connectivity index (χ3v) is 2.90. The molecule has 0 aliphatic heterocycles. The van der Waals surface area contributed by atoms with Crippen molar-refractivity contribution in [2.45, 2.75) is 18.9 Å². The van der Waals surface area contributed by atoms with Crippen molar-refractivity contribution < 1.29 is 4.42 Å². The molecule has 1 aromatic carbocycles. The Morgan fingerprint density at radius 1 is 1.33 bits per heavy atom. The maximum Gasteiger partial charge on any atom is 0.134 e. The van der Waals surface area contributed by atoms with E-state index in [0.29, 0.717) is 0 Å². The van der Waals surface area contributed by atoms with E-state index in [9.17, 15) is 0 Å². The highest BCUT2D eigenvalue weighted by atomic mass is 16.3. The van der Waals surface area contributed by atoms with Gasteiger partial charge in [-0.1, -0.05) is 5.11 Å². The molecule has 0 fully saturated rings. The number of nitrogens with zero attached hydrogens (tertiary/aromatic N) is 3. The molecule has 1 heterocycles. The molecular formula is C11H9N3O. The van der Waals surface area contributed by atoms with E-state index in [0.717, 1.165) is 23.8 Å². The van der Waals surface area contributed by atoms with Crippen molar-refractivity contribution >= 4 is 11.0 Å². The molecule has 0 radical (unpaired) electrons. The zero-order valence-corrected chi connectivity index (χ0v) is 8.05. The zero-order chi connectivity index (χ0) is 10.3. The van der Waals surface area contributed by atoms with E-state index in [1.165, 1.54) is 11.1 Å². The van der Waals surface area contributed by atoms with Gasteiger partial charge in [-0.3, -0.25) is 0 Å². The van der Waals surface area contributed by atoms with Crippen LogP contribution >= 0.6 is 0 Å². The lowest BCUT2D eigenvalue weighted by Gasteiger charge is -1.96. The summed E-state index contributed by atoms with van der Waals surface area (Å²) in [5.41, 5.74) is 11.8. The van der Waals surface area contributed by atoms with Gasteiger partial charge < -0.3 is 4.42 Å². The quantitative estimate of drug-likeness (QED) is 0.395. The molecule has 0 amide bonds. The molecule has 1 aliphatic carbocycles. The van der Waals surface area contributed by atoms with E-state index in [4.69, 9.17) is 9.95 Å². The zero-order valence-electron chi connectivity index (χ0n) is 8.05. The molecule has 0 saturated heterocycles. The fourth-order valence-corrected chi connectivity index (χ4v) is 2.21. The van der Waals surface area contributed by atoms with E-state index < -0.39 is 0 Å². The molecule has 1 aliphatic rings. The SMILES string of the molecule is [N-]=[N+]=NC1Cc2cc3ccoc3cc2C1. The van der Waals surface area contributed by atoms with Crippen molar-refractivity contribution in [3.05, 3.63) is 46.0 Å². The second-order valence-corrected chi connectivity index (χ2v) is 3.85. The summed E-state index contributed by atoms with van der Waals surface area (Å²) in [6.07, 6.45) is 3.38. The van der Waals surface area contributed by atoms with Gasteiger partial charge in [-0.25, -0.2) is 0 Å². The minimum atomic E-state index is 0.0801. The molecule has 4 heteroatoms. The van der Waals surface area contributed by atoms with E-state index in [2.05, 4.69) is 22.2 Å². The monoisotopic (exact) mass is 199 g/mol. The minimum Gasteiger partial charge on any atom is -0.464 e. The Kier molecular flexibility index (Phi) is 1.70. The number of hydrogen-bond acceptors (Lipinski definition) is 2. The van der Waals surface area contributed by atoms with Crippen molar-refractivity contribution in [3.8, 4) is 0 Å². The first-order chi connectivity index (χ1) is 7.36. The summed E-state index contributed by atoms with van der Waals surface area (Å²) in [7, 11) is 0. The molecule has 2 aromatic rings. The number of azide groups is 1. The first kappa shape index (κ1) is 8.38. The van der Waals surface area contributed by atoms with Crippen molar-refractivity contribution in [1.29, 1.82) is 0 Å². The molecule has 1 aromatic heterocycles. The van der Waals surface area contributed by atoms with Gasteiger partial charge >= 0.3 is 0 Å². The number of hydrogen-bond donors (Lipinski definition) is 0. The normalized spacial score (nSPS) is 18.8. The number of benzene rings is 1. The van der Waals surface area contributed by atoms with Gasteiger partial charge in [-0.2, -0.15) is 0 Å². The standard InChI is InChI=1S/C11H9N3O/c12-14-13-10-4-8-3-7-1-2-15-11(7)6-9(8)5-10/h1-3,6,10H,4-5H2. The summed E-state index contributed by atoms with van der Waals surface area (Å²) in [4.78, 5) is 2.86. The lowest BCUT2D eigenvalue weighted by atomic mass is 10.1. The van der Waals surface area contributed by atoms with Crippen LogP contribution < -0.4 is 0 Å². The summed E-state index contributed by atoms with van der Waals surface area (Å²) in [6, 6.07) is 6.21. The van der Waals surface area contributed by atoms with Crippen molar-refractivity contribution in [3.63, 3.8) is 0 Å². The Hall–Kier alpha value is -1.93. The van der Waals surface area contributed by atoms with E-state index in [-0.39, 0.29) is 6.04 Å². The van der Waals surface area contributed by atoms with Gasteiger partial charge in [0.25, 0.3) is 0 Å². The molecule has 15 heavy (non-hydrogen) atoms. The van der Waals surface area contributed by atoms with E-state index >= 15 is 0 Å². The summed E-state index contributed by atoms with van der Waals surface area (Å²) < 4.78 is 5.33. The summed E-state index contributed by atoms with van der Waals surface area (Å²) in [6.45, 7) is 0. The van der Waals surface area contributed by atoms with E-state index in [1.54, 1.807) is 6.26 Å².